The third kappa shape index (κ3) is 6.14. The molecule has 0 saturated heterocycles. The van der Waals surface area contributed by atoms with Gasteiger partial charge in [-0.3, -0.25) is 25.3 Å². The summed E-state index contributed by atoms with van der Waals surface area (Å²) in [7, 11) is 0. The molecule has 20 heavy (non-hydrogen) atoms. The molecule has 0 atom stereocenters. The van der Waals surface area contributed by atoms with Crippen molar-refractivity contribution in [2.45, 2.75) is 19.8 Å². The van der Waals surface area contributed by atoms with Gasteiger partial charge in [-0.25, -0.2) is 0 Å². The lowest BCUT2D eigenvalue weighted by Crippen LogP contribution is -2.46. The Labute approximate surface area is 122 Å². The number of nitrogens with zero attached hydrogens (tertiary/aromatic N) is 1. The summed E-state index contributed by atoms with van der Waals surface area (Å²) in [5.74, 6) is -0.616. The minimum Gasteiger partial charge on any atom is -0.395 e. The highest BCUT2D eigenvalue weighted by Crippen LogP contribution is 2.06. The summed E-state index contributed by atoms with van der Waals surface area (Å²) in [6.45, 7) is 3.44. The molecule has 6 nitrogen and oxygen atoms in total. The van der Waals surface area contributed by atoms with Crippen molar-refractivity contribution in [2.75, 3.05) is 26.2 Å². The van der Waals surface area contributed by atoms with E-state index in [9.17, 15) is 9.59 Å². The summed E-state index contributed by atoms with van der Waals surface area (Å²) in [6, 6.07) is 3.46. The van der Waals surface area contributed by atoms with Crippen molar-refractivity contribution in [3.05, 3.63) is 22.4 Å². The maximum Gasteiger partial charge on any atom is 0.279 e. The number of rotatable bonds is 8. The van der Waals surface area contributed by atoms with Gasteiger partial charge in [-0.1, -0.05) is 19.4 Å². The van der Waals surface area contributed by atoms with Crippen LogP contribution in [0.2, 0.25) is 0 Å². The lowest BCUT2D eigenvalue weighted by molar-refractivity contribution is -0.123. The number of amides is 2. The van der Waals surface area contributed by atoms with Gasteiger partial charge in [0.15, 0.2) is 0 Å². The lowest BCUT2D eigenvalue weighted by atomic mass is 10.3. The van der Waals surface area contributed by atoms with Crippen molar-refractivity contribution in [1.82, 2.24) is 15.8 Å². The van der Waals surface area contributed by atoms with Crippen LogP contribution in [0, 0.1) is 0 Å². The van der Waals surface area contributed by atoms with Crippen LogP contribution >= 0.6 is 11.3 Å². The van der Waals surface area contributed by atoms with Gasteiger partial charge in [0.25, 0.3) is 11.8 Å². The fourth-order valence-corrected chi connectivity index (χ4v) is 2.25. The smallest absolute Gasteiger partial charge is 0.279 e. The zero-order valence-corrected chi connectivity index (χ0v) is 12.4. The highest BCUT2D eigenvalue weighted by molar-refractivity contribution is 7.12. The van der Waals surface area contributed by atoms with Crippen molar-refractivity contribution in [1.29, 1.82) is 0 Å². The monoisotopic (exact) mass is 299 g/mol. The molecule has 0 aromatic carbocycles. The fraction of sp³-hybridized carbons (Fsp3) is 0.538. The minimum absolute atomic E-state index is 0.0124. The lowest BCUT2D eigenvalue weighted by Gasteiger charge is -2.20. The second-order valence-electron chi connectivity index (χ2n) is 4.33. The van der Waals surface area contributed by atoms with Crippen LogP contribution in [0.15, 0.2) is 17.5 Å². The predicted octanol–water partition coefficient (Wildman–Crippen LogP) is 0.604. The number of hydrogen-bond acceptors (Lipinski definition) is 5. The van der Waals surface area contributed by atoms with Crippen LogP contribution in [0.4, 0.5) is 0 Å². The van der Waals surface area contributed by atoms with Gasteiger partial charge >= 0.3 is 0 Å². The normalized spacial score (nSPS) is 10.6. The van der Waals surface area contributed by atoms with Crippen molar-refractivity contribution in [3.8, 4) is 0 Å². The van der Waals surface area contributed by atoms with Crippen LogP contribution in [0.3, 0.4) is 0 Å². The molecule has 3 N–H and O–H groups in total. The van der Waals surface area contributed by atoms with Gasteiger partial charge in [0.05, 0.1) is 18.0 Å². The van der Waals surface area contributed by atoms with E-state index in [2.05, 4.69) is 17.8 Å². The Kier molecular flexibility index (Phi) is 7.86. The molecule has 0 unspecified atom stereocenters. The molecule has 1 heterocycles. The number of unbranched alkanes of at least 4 members (excludes halogenated alkanes) is 1. The Morgan fingerprint density at radius 3 is 2.75 bits per heavy atom. The third-order valence-corrected chi connectivity index (χ3v) is 3.54. The number of carbonyl (C=O) groups is 2. The molecule has 0 bridgehead atoms. The average Bonchev–Trinajstić information content (AvgIpc) is 2.96. The Morgan fingerprint density at radius 2 is 2.15 bits per heavy atom. The molecule has 0 fully saturated rings. The van der Waals surface area contributed by atoms with E-state index < -0.39 is 0 Å². The van der Waals surface area contributed by atoms with Crippen LogP contribution in [0.25, 0.3) is 0 Å². The Bertz CT molecular complexity index is 409. The second-order valence-corrected chi connectivity index (χ2v) is 5.28. The first-order valence-corrected chi connectivity index (χ1v) is 7.51. The second kappa shape index (κ2) is 9.46. The SMILES string of the molecule is CCCCN(CCO)CC(=O)NNC(=O)c1cccs1. The van der Waals surface area contributed by atoms with E-state index in [0.29, 0.717) is 11.4 Å². The first kappa shape index (κ1) is 16.6. The number of hydrazine groups is 1. The largest absolute Gasteiger partial charge is 0.395 e. The first-order chi connectivity index (χ1) is 9.67. The van der Waals surface area contributed by atoms with Gasteiger partial charge < -0.3 is 5.11 Å². The predicted molar refractivity (Wildman–Crippen MR) is 78.4 cm³/mol. The van der Waals surface area contributed by atoms with Crippen molar-refractivity contribution >= 4 is 23.2 Å². The number of aliphatic hydroxyl groups excluding tert-OH is 1. The Balaban J connectivity index is 2.32. The number of nitrogens with one attached hydrogen (secondary N) is 2. The maximum absolute atomic E-state index is 11.7. The van der Waals surface area contributed by atoms with Crippen molar-refractivity contribution in [3.63, 3.8) is 0 Å². The fourth-order valence-electron chi connectivity index (χ4n) is 1.63. The quantitative estimate of drug-likeness (QED) is 0.614. The van der Waals surface area contributed by atoms with E-state index in [0.717, 1.165) is 19.4 Å². The van der Waals surface area contributed by atoms with Gasteiger partial charge in [0.1, 0.15) is 0 Å². The maximum atomic E-state index is 11.7. The summed E-state index contributed by atoms with van der Waals surface area (Å²) < 4.78 is 0. The zero-order valence-electron chi connectivity index (χ0n) is 11.6. The molecule has 1 aromatic heterocycles. The summed E-state index contributed by atoms with van der Waals surface area (Å²) in [5.41, 5.74) is 4.75. The van der Waals surface area contributed by atoms with Crippen LogP contribution in [0.5, 0.6) is 0 Å². The summed E-state index contributed by atoms with van der Waals surface area (Å²) in [5, 5.41) is 10.7. The van der Waals surface area contributed by atoms with Crippen LogP contribution in [-0.2, 0) is 4.79 Å². The molecule has 0 aliphatic rings. The van der Waals surface area contributed by atoms with Crippen LogP contribution in [-0.4, -0.2) is 48.1 Å². The molecular weight excluding hydrogens is 278 g/mol. The first-order valence-electron chi connectivity index (χ1n) is 6.63. The molecule has 7 heteroatoms. The summed E-state index contributed by atoms with van der Waals surface area (Å²) in [6.07, 6.45) is 1.99. The zero-order chi connectivity index (χ0) is 14.8. The topological polar surface area (TPSA) is 81.7 Å². The molecule has 2 amide bonds. The van der Waals surface area contributed by atoms with Gasteiger partial charge in [0, 0.05) is 6.54 Å². The molecule has 0 aliphatic carbocycles. The number of aliphatic hydroxyl groups is 1. The third-order valence-electron chi connectivity index (χ3n) is 2.67. The van der Waals surface area contributed by atoms with Gasteiger partial charge in [0.2, 0.25) is 0 Å². The molecule has 112 valence electrons. The molecule has 1 rings (SSSR count). The molecule has 0 spiro atoms. The van der Waals surface area contributed by atoms with Crippen LogP contribution < -0.4 is 10.9 Å². The van der Waals surface area contributed by atoms with Crippen molar-refractivity contribution < 1.29 is 14.7 Å². The number of hydrogen-bond donors (Lipinski definition) is 3. The molecular formula is C13H21N3O3S. The average molecular weight is 299 g/mol. The standard InChI is InChI=1S/C13H21N3O3S/c1-2-3-6-16(7-8-17)10-12(18)14-15-13(19)11-5-4-9-20-11/h4-5,9,17H,2-3,6-8,10H2,1H3,(H,14,18)(H,15,19). The van der Waals surface area contributed by atoms with Gasteiger partial charge in [-0.05, 0) is 24.4 Å². The molecule has 0 saturated carbocycles. The van der Waals surface area contributed by atoms with Gasteiger partial charge in [-0.15, -0.1) is 11.3 Å². The molecule has 0 radical (unpaired) electrons. The van der Waals surface area contributed by atoms with Crippen LogP contribution in [0.1, 0.15) is 29.4 Å². The Morgan fingerprint density at radius 1 is 1.35 bits per heavy atom. The highest BCUT2D eigenvalue weighted by Gasteiger charge is 2.11. The van der Waals surface area contributed by atoms with E-state index in [-0.39, 0.29) is 25.0 Å². The molecule has 0 aliphatic heterocycles. The van der Waals surface area contributed by atoms with E-state index in [1.54, 1.807) is 17.5 Å². The Hall–Kier alpha value is -1.44. The molecule has 1 aromatic rings. The van der Waals surface area contributed by atoms with Gasteiger partial charge in [-0.2, -0.15) is 0 Å². The van der Waals surface area contributed by atoms with E-state index >= 15 is 0 Å². The summed E-state index contributed by atoms with van der Waals surface area (Å²) in [4.78, 5) is 25.7. The van der Waals surface area contributed by atoms with E-state index in [4.69, 9.17) is 5.11 Å². The minimum atomic E-state index is -0.324. The van der Waals surface area contributed by atoms with E-state index in [1.165, 1.54) is 11.3 Å². The highest BCUT2D eigenvalue weighted by atomic mass is 32.1. The van der Waals surface area contributed by atoms with E-state index in [1.807, 2.05) is 4.90 Å². The summed E-state index contributed by atoms with van der Waals surface area (Å²) >= 11 is 1.31. The van der Waals surface area contributed by atoms with Crippen molar-refractivity contribution in [2.24, 2.45) is 0 Å². The number of carbonyl (C=O) groups excluding carboxylic acids is 2. The number of thiophene rings is 1.